The van der Waals surface area contributed by atoms with Crippen LogP contribution < -0.4 is 5.32 Å². The molecule has 0 saturated carbocycles. The quantitative estimate of drug-likeness (QED) is 0.891. The second-order valence-electron chi connectivity index (χ2n) is 4.11. The smallest absolute Gasteiger partial charge is 0.258 e. The van der Waals surface area contributed by atoms with Crippen LogP contribution in [0.1, 0.15) is 28.9 Å². The number of nitrogens with zero attached hydrogens (tertiary/aromatic N) is 1. The predicted molar refractivity (Wildman–Crippen MR) is 69.2 cm³/mol. The summed E-state index contributed by atoms with van der Waals surface area (Å²) in [7, 11) is 0. The van der Waals surface area contributed by atoms with Crippen molar-refractivity contribution in [2.24, 2.45) is 0 Å². The number of carbonyl (C=O) groups is 1. The Bertz CT molecular complexity index is 600. The molecular formula is C14H13FN2O2. The summed E-state index contributed by atoms with van der Waals surface area (Å²) < 4.78 is 13.4. The van der Waals surface area contributed by atoms with Gasteiger partial charge in [0.05, 0.1) is 17.9 Å². The van der Waals surface area contributed by atoms with Gasteiger partial charge in [-0.15, -0.1) is 0 Å². The molecule has 1 atom stereocenters. The fourth-order valence-electron chi connectivity index (χ4n) is 1.63. The highest BCUT2D eigenvalue weighted by Crippen LogP contribution is 2.18. The van der Waals surface area contributed by atoms with E-state index in [4.69, 9.17) is 0 Å². The molecule has 2 rings (SSSR count). The van der Waals surface area contributed by atoms with Gasteiger partial charge in [-0.25, -0.2) is 4.39 Å². The highest BCUT2D eigenvalue weighted by atomic mass is 19.1. The second kappa shape index (κ2) is 5.58. The van der Waals surface area contributed by atoms with Gasteiger partial charge in [-0.3, -0.25) is 9.78 Å². The molecule has 19 heavy (non-hydrogen) atoms. The number of carbonyl (C=O) groups excluding carboxylic acids is 1. The lowest BCUT2D eigenvalue weighted by atomic mass is 10.1. The molecule has 2 N–H and O–H groups in total. The first-order chi connectivity index (χ1) is 9.08. The molecule has 1 aromatic heterocycles. The second-order valence-corrected chi connectivity index (χ2v) is 4.11. The van der Waals surface area contributed by atoms with Crippen molar-refractivity contribution in [3.63, 3.8) is 0 Å². The van der Waals surface area contributed by atoms with E-state index in [1.54, 1.807) is 31.2 Å². The predicted octanol–water partition coefficient (Wildman–Crippen LogP) is 2.53. The van der Waals surface area contributed by atoms with E-state index in [0.29, 0.717) is 11.3 Å². The van der Waals surface area contributed by atoms with Crippen LogP contribution in [0.2, 0.25) is 0 Å². The standard InChI is InChI=1S/C14H13FN2O2/c1-9(18)10-3-2-4-11(7-10)17-14(19)12-5-6-16-8-13(12)15/h2-9,18H,1H3,(H,17,19). The van der Waals surface area contributed by atoms with Gasteiger partial charge in [0.2, 0.25) is 0 Å². The van der Waals surface area contributed by atoms with Gasteiger partial charge in [0.25, 0.3) is 5.91 Å². The fourth-order valence-corrected chi connectivity index (χ4v) is 1.63. The summed E-state index contributed by atoms with van der Waals surface area (Å²) in [5, 5.41) is 12.0. The molecule has 4 nitrogen and oxygen atoms in total. The normalized spacial score (nSPS) is 11.9. The topological polar surface area (TPSA) is 62.2 Å². The van der Waals surface area contributed by atoms with Gasteiger partial charge in [0.15, 0.2) is 5.82 Å². The minimum atomic E-state index is -0.674. The highest BCUT2D eigenvalue weighted by molar-refractivity contribution is 6.04. The molecule has 0 saturated heterocycles. The maximum Gasteiger partial charge on any atom is 0.258 e. The van der Waals surface area contributed by atoms with E-state index in [1.807, 2.05) is 0 Å². The monoisotopic (exact) mass is 260 g/mol. The molecule has 0 aliphatic rings. The third kappa shape index (κ3) is 3.14. The number of pyridine rings is 1. The van der Waals surface area contributed by atoms with Gasteiger partial charge >= 0.3 is 0 Å². The zero-order valence-corrected chi connectivity index (χ0v) is 10.3. The van der Waals surface area contributed by atoms with E-state index < -0.39 is 17.8 Å². The van der Waals surface area contributed by atoms with Crippen LogP contribution in [-0.4, -0.2) is 16.0 Å². The Labute approximate surface area is 109 Å². The molecule has 0 bridgehead atoms. The number of halogens is 1. The number of rotatable bonds is 3. The van der Waals surface area contributed by atoms with Gasteiger partial charge in [-0.05, 0) is 30.7 Å². The van der Waals surface area contributed by atoms with Crippen LogP contribution in [0.5, 0.6) is 0 Å². The minimum Gasteiger partial charge on any atom is -0.389 e. The lowest BCUT2D eigenvalue weighted by molar-refractivity contribution is 0.102. The third-order valence-electron chi connectivity index (χ3n) is 2.64. The zero-order valence-electron chi connectivity index (χ0n) is 10.3. The van der Waals surface area contributed by atoms with Crippen LogP contribution in [0, 0.1) is 5.82 Å². The first-order valence-electron chi connectivity index (χ1n) is 5.77. The number of hydrogen-bond donors (Lipinski definition) is 2. The van der Waals surface area contributed by atoms with Gasteiger partial charge in [-0.1, -0.05) is 12.1 Å². The van der Waals surface area contributed by atoms with E-state index >= 15 is 0 Å². The summed E-state index contributed by atoms with van der Waals surface area (Å²) in [4.78, 5) is 15.5. The van der Waals surface area contributed by atoms with Gasteiger partial charge < -0.3 is 10.4 Å². The van der Waals surface area contributed by atoms with Gasteiger partial charge in [0, 0.05) is 11.9 Å². The zero-order chi connectivity index (χ0) is 13.8. The molecule has 0 fully saturated rings. The number of anilines is 1. The number of amides is 1. The Morgan fingerprint density at radius 2 is 2.21 bits per heavy atom. The van der Waals surface area contributed by atoms with E-state index in [0.717, 1.165) is 6.20 Å². The Balaban J connectivity index is 2.20. The van der Waals surface area contributed by atoms with Crippen molar-refractivity contribution in [1.82, 2.24) is 4.98 Å². The Hall–Kier alpha value is -2.27. The summed E-state index contributed by atoms with van der Waals surface area (Å²) in [6, 6.07) is 8.07. The summed E-state index contributed by atoms with van der Waals surface area (Å²) >= 11 is 0. The summed E-state index contributed by atoms with van der Waals surface area (Å²) in [5.41, 5.74) is 1.10. The van der Waals surface area contributed by atoms with Crippen molar-refractivity contribution >= 4 is 11.6 Å². The number of benzene rings is 1. The molecule has 0 radical (unpaired) electrons. The molecule has 2 aromatic rings. The van der Waals surface area contributed by atoms with E-state index in [-0.39, 0.29) is 5.56 Å². The number of nitrogens with one attached hydrogen (secondary N) is 1. The van der Waals surface area contributed by atoms with Crippen LogP contribution in [0.25, 0.3) is 0 Å². The van der Waals surface area contributed by atoms with Crippen LogP contribution in [-0.2, 0) is 0 Å². The fraction of sp³-hybridized carbons (Fsp3) is 0.143. The molecule has 1 aromatic carbocycles. The first-order valence-corrected chi connectivity index (χ1v) is 5.77. The third-order valence-corrected chi connectivity index (χ3v) is 2.64. The van der Waals surface area contributed by atoms with Crippen LogP contribution in [0.3, 0.4) is 0 Å². The Kier molecular flexibility index (Phi) is 3.87. The van der Waals surface area contributed by atoms with Crippen molar-refractivity contribution < 1.29 is 14.3 Å². The summed E-state index contributed by atoms with van der Waals surface area (Å²) in [6.45, 7) is 1.63. The molecule has 0 aliphatic heterocycles. The lowest BCUT2D eigenvalue weighted by Crippen LogP contribution is -2.14. The van der Waals surface area contributed by atoms with Crippen LogP contribution in [0.4, 0.5) is 10.1 Å². The Morgan fingerprint density at radius 1 is 1.42 bits per heavy atom. The van der Waals surface area contributed by atoms with E-state index in [9.17, 15) is 14.3 Å². The molecule has 1 amide bonds. The van der Waals surface area contributed by atoms with Crippen molar-refractivity contribution in [3.05, 3.63) is 59.7 Å². The van der Waals surface area contributed by atoms with Gasteiger partial charge in [0.1, 0.15) is 0 Å². The number of hydrogen-bond acceptors (Lipinski definition) is 3. The van der Waals surface area contributed by atoms with E-state index in [1.165, 1.54) is 12.3 Å². The minimum absolute atomic E-state index is 0.0718. The Morgan fingerprint density at radius 3 is 2.89 bits per heavy atom. The largest absolute Gasteiger partial charge is 0.389 e. The summed E-state index contributed by atoms with van der Waals surface area (Å²) in [6.07, 6.45) is 1.71. The number of aliphatic hydroxyl groups excluding tert-OH is 1. The average Bonchev–Trinajstić information content (AvgIpc) is 2.39. The van der Waals surface area contributed by atoms with Crippen molar-refractivity contribution in [2.75, 3.05) is 5.32 Å². The van der Waals surface area contributed by atoms with Crippen LogP contribution in [0.15, 0.2) is 42.7 Å². The van der Waals surface area contributed by atoms with E-state index in [2.05, 4.69) is 10.3 Å². The van der Waals surface area contributed by atoms with Crippen molar-refractivity contribution in [1.29, 1.82) is 0 Å². The number of aliphatic hydroxyl groups is 1. The molecular weight excluding hydrogens is 247 g/mol. The maximum atomic E-state index is 13.4. The number of aromatic nitrogens is 1. The molecule has 1 unspecified atom stereocenters. The van der Waals surface area contributed by atoms with Crippen LogP contribution >= 0.6 is 0 Å². The first kappa shape index (κ1) is 13.2. The molecule has 0 aliphatic carbocycles. The average molecular weight is 260 g/mol. The van der Waals surface area contributed by atoms with Crippen molar-refractivity contribution in [3.8, 4) is 0 Å². The lowest BCUT2D eigenvalue weighted by Gasteiger charge is -2.09. The highest BCUT2D eigenvalue weighted by Gasteiger charge is 2.12. The summed E-state index contributed by atoms with van der Waals surface area (Å²) in [5.74, 6) is -1.23. The maximum absolute atomic E-state index is 13.4. The molecule has 5 heteroatoms. The molecule has 98 valence electrons. The van der Waals surface area contributed by atoms with Crippen molar-refractivity contribution in [2.45, 2.75) is 13.0 Å². The molecule has 1 heterocycles. The van der Waals surface area contributed by atoms with Gasteiger partial charge in [-0.2, -0.15) is 0 Å². The molecule has 0 spiro atoms. The SMILES string of the molecule is CC(O)c1cccc(NC(=O)c2ccncc2F)c1.